The fourth-order valence-electron chi connectivity index (χ4n) is 6.03. The van der Waals surface area contributed by atoms with Gasteiger partial charge in [0.1, 0.15) is 18.2 Å². The number of aromatic nitrogens is 4. The summed E-state index contributed by atoms with van der Waals surface area (Å²) in [6, 6.07) is 4.99. The van der Waals surface area contributed by atoms with Crippen LogP contribution in [-0.2, 0) is 13.6 Å². The molecule has 1 spiro atoms. The van der Waals surface area contributed by atoms with Crippen LogP contribution in [0.3, 0.4) is 0 Å². The highest BCUT2D eigenvalue weighted by Crippen LogP contribution is 2.53. The zero-order valence-electron chi connectivity index (χ0n) is 21.0. The maximum atomic E-state index is 15.4. The SMILES string of the molecule is Cn1c(=O)n2c3c4c(c(-c5ccc(OCCCN6CCC7(CC6)CC7)nc5)c(F)cc4ncc31)OCC2. The molecular weight excluding hydrogens is 473 g/mol. The molecule has 3 aromatic heterocycles. The summed E-state index contributed by atoms with van der Waals surface area (Å²) in [5.74, 6) is 0.481. The number of ether oxygens (including phenoxy) is 2. The molecule has 2 fully saturated rings. The Bertz CT molecular complexity index is 1560. The van der Waals surface area contributed by atoms with E-state index in [2.05, 4.69) is 14.9 Å². The molecule has 0 bridgehead atoms. The van der Waals surface area contributed by atoms with Crippen LogP contribution in [-0.4, -0.2) is 56.9 Å². The van der Waals surface area contributed by atoms with Gasteiger partial charge in [0.25, 0.3) is 0 Å². The van der Waals surface area contributed by atoms with E-state index < -0.39 is 5.82 Å². The molecule has 0 unspecified atom stereocenters. The van der Waals surface area contributed by atoms with Crippen molar-refractivity contribution in [1.29, 1.82) is 0 Å². The highest BCUT2D eigenvalue weighted by atomic mass is 19.1. The summed E-state index contributed by atoms with van der Waals surface area (Å²) in [7, 11) is 1.72. The predicted octanol–water partition coefficient (Wildman–Crippen LogP) is 4.13. The molecule has 1 aromatic carbocycles. The summed E-state index contributed by atoms with van der Waals surface area (Å²) in [4.78, 5) is 24.2. The normalized spacial score (nSPS) is 18.4. The minimum absolute atomic E-state index is 0.137. The lowest BCUT2D eigenvalue weighted by Crippen LogP contribution is -2.35. The number of hydrogen-bond acceptors (Lipinski definition) is 6. The Morgan fingerprint density at radius 3 is 2.70 bits per heavy atom. The molecule has 2 aliphatic heterocycles. The van der Waals surface area contributed by atoms with Crippen LogP contribution in [0.5, 0.6) is 11.6 Å². The third-order valence-electron chi connectivity index (χ3n) is 8.50. The summed E-state index contributed by atoms with van der Waals surface area (Å²) in [5, 5.41) is 0.648. The highest BCUT2D eigenvalue weighted by molar-refractivity contribution is 6.09. The number of imidazole rings is 1. The first-order valence-electron chi connectivity index (χ1n) is 13.2. The van der Waals surface area contributed by atoms with Gasteiger partial charge >= 0.3 is 5.69 Å². The van der Waals surface area contributed by atoms with Gasteiger partial charge in [-0.25, -0.2) is 14.2 Å². The van der Waals surface area contributed by atoms with E-state index in [4.69, 9.17) is 9.47 Å². The first kappa shape index (κ1) is 22.7. The van der Waals surface area contributed by atoms with Crippen LogP contribution in [0.2, 0.25) is 0 Å². The summed E-state index contributed by atoms with van der Waals surface area (Å²) >= 11 is 0. The van der Waals surface area contributed by atoms with Crippen LogP contribution in [0.1, 0.15) is 32.1 Å². The van der Waals surface area contributed by atoms with Gasteiger partial charge in [0.05, 0.1) is 46.8 Å². The van der Waals surface area contributed by atoms with Crippen molar-refractivity contribution < 1.29 is 13.9 Å². The molecule has 3 aliphatic rings. The molecule has 192 valence electrons. The van der Waals surface area contributed by atoms with Crippen molar-refractivity contribution in [2.75, 3.05) is 32.8 Å². The predicted molar refractivity (Wildman–Crippen MR) is 139 cm³/mol. The maximum absolute atomic E-state index is 15.4. The molecule has 7 rings (SSSR count). The van der Waals surface area contributed by atoms with Gasteiger partial charge in [-0.3, -0.25) is 14.1 Å². The Hall–Kier alpha value is -3.46. The molecule has 0 amide bonds. The summed E-state index contributed by atoms with van der Waals surface area (Å²) in [5.41, 5.74) is 3.36. The molecule has 37 heavy (non-hydrogen) atoms. The van der Waals surface area contributed by atoms with Crippen molar-refractivity contribution in [3.05, 3.63) is 46.9 Å². The molecular formula is C28H30FN5O3. The Kier molecular flexibility index (Phi) is 5.25. The van der Waals surface area contributed by atoms with Crippen molar-refractivity contribution in [3.63, 3.8) is 0 Å². The number of halogens is 1. The first-order chi connectivity index (χ1) is 18.0. The number of nitrogens with zero attached hydrogens (tertiary/aromatic N) is 5. The zero-order chi connectivity index (χ0) is 25.1. The smallest absolute Gasteiger partial charge is 0.329 e. The Labute approximate surface area is 213 Å². The first-order valence-corrected chi connectivity index (χ1v) is 13.2. The van der Waals surface area contributed by atoms with Crippen LogP contribution < -0.4 is 15.2 Å². The highest BCUT2D eigenvalue weighted by Gasteiger charge is 2.44. The molecule has 0 radical (unpaired) electrons. The fraction of sp³-hybridized carbons (Fsp3) is 0.464. The average molecular weight is 504 g/mol. The number of hydrogen-bond donors (Lipinski definition) is 0. The minimum atomic E-state index is -0.439. The topological polar surface area (TPSA) is 74.4 Å². The van der Waals surface area contributed by atoms with E-state index in [0.29, 0.717) is 57.7 Å². The van der Waals surface area contributed by atoms with Crippen LogP contribution >= 0.6 is 0 Å². The van der Waals surface area contributed by atoms with Gasteiger partial charge in [0, 0.05) is 37.5 Å². The number of pyridine rings is 2. The second-order valence-electron chi connectivity index (χ2n) is 10.7. The molecule has 4 aromatic rings. The van der Waals surface area contributed by atoms with Crippen molar-refractivity contribution >= 4 is 21.9 Å². The molecule has 1 aliphatic carbocycles. The zero-order valence-corrected chi connectivity index (χ0v) is 21.0. The van der Waals surface area contributed by atoms with Gasteiger partial charge in [-0.2, -0.15) is 0 Å². The summed E-state index contributed by atoms with van der Waals surface area (Å²) < 4.78 is 30.6. The third-order valence-corrected chi connectivity index (χ3v) is 8.50. The number of likely N-dealkylation sites (tertiary alicyclic amines) is 1. The standard InChI is InChI=1S/C28H30FN5O3/c1-32-21-17-30-20-15-19(29)23(26-24(20)25(21)34(27(32)35)12-14-37-26)18-3-4-22(31-16-18)36-13-2-9-33-10-7-28(5-6-28)8-11-33/h3-4,15-17H,2,5-14H2,1H3. The lowest BCUT2D eigenvalue weighted by Gasteiger charge is -2.31. The second kappa shape index (κ2) is 8.55. The minimum Gasteiger partial charge on any atom is -0.490 e. The van der Waals surface area contributed by atoms with Crippen molar-refractivity contribution in [2.24, 2.45) is 12.5 Å². The van der Waals surface area contributed by atoms with Crippen LogP contribution in [0.4, 0.5) is 4.39 Å². The largest absolute Gasteiger partial charge is 0.490 e. The van der Waals surface area contributed by atoms with Gasteiger partial charge in [0.15, 0.2) is 0 Å². The summed E-state index contributed by atoms with van der Waals surface area (Å²) in [6.45, 7) is 4.69. The Morgan fingerprint density at radius 2 is 1.95 bits per heavy atom. The third kappa shape index (κ3) is 3.79. The lowest BCUT2D eigenvalue weighted by molar-refractivity contribution is 0.160. The molecule has 0 N–H and O–H groups in total. The van der Waals surface area contributed by atoms with E-state index in [1.807, 2.05) is 6.07 Å². The van der Waals surface area contributed by atoms with E-state index in [0.717, 1.165) is 18.5 Å². The molecule has 9 heteroatoms. The monoisotopic (exact) mass is 503 g/mol. The van der Waals surface area contributed by atoms with Gasteiger partial charge in [-0.1, -0.05) is 0 Å². The van der Waals surface area contributed by atoms with Gasteiger partial charge in [-0.05, 0) is 56.7 Å². The Morgan fingerprint density at radius 1 is 1.11 bits per heavy atom. The number of rotatable bonds is 6. The van der Waals surface area contributed by atoms with Crippen molar-refractivity contribution in [2.45, 2.75) is 38.6 Å². The van der Waals surface area contributed by atoms with E-state index in [1.165, 1.54) is 44.8 Å². The van der Waals surface area contributed by atoms with Crippen molar-refractivity contribution in [1.82, 2.24) is 24.0 Å². The Balaban J connectivity index is 1.12. The number of piperidine rings is 1. The molecule has 1 saturated heterocycles. The van der Waals surface area contributed by atoms with Crippen LogP contribution in [0, 0.1) is 11.2 Å². The second-order valence-corrected chi connectivity index (χ2v) is 10.7. The van der Waals surface area contributed by atoms with Crippen LogP contribution in [0.15, 0.2) is 35.4 Å². The van der Waals surface area contributed by atoms with Gasteiger partial charge < -0.3 is 14.4 Å². The summed E-state index contributed by atoms with van der Waals surface area (Å²) in [6.07, 6.45) is 9.74. The van der Waals surface area contributed by atoms with Crippen LogP contribution in [0.25, 0.3) is 33.1 Å². The van der Waals surface area contributed by atoms with E-state index >= 15 is 4.39 Å². The molecule has 8 nitrogen and oxygen atoms in total. The molecule has 5 heterocycles. The van der Waals surface area contributed by atoms with Gasteiger partial charge in [0.2, 0.25) is 5.88 Å². The molecule has 1 saturated carbocycles. The van der Waals surface area contributed by atoms with E-state index in [-0.39, 0.29) is 12.3 Å². The maximum Gasteiger partial charge on any atom is 0.329 e. The van der Waals surface area contributed by atoms with E-state index in [9.17, 15) is 4.79 Å². The van der Waals surface area contributed by atoms with E-state index in [1.54, 1.807) is 34.6 Å². The number of benzene rings is 1. The lowest BCUT2D eigenvalue weighted by atomic mass is 9.94. The quantitative estimate of drug-likeness (QED) is 0.369. The average Bonchev–Trinajstić information content (AvgIpc) is 3.66. The van der Waals surface area contributed by atoms with Crippen molar-refractivity contribution in [3.8, 4) is 22.8 Å². The number of aryl methyl sites for hydroxylation is 1. The fourth-order valence-corrected chi connectivity index (χ4v) is 6.03. The van der Waals surface area contributed by atoms with Gasteiger partial charge in [-0.15, -0.1) is 0 Å². The molecule has 0 atom stereocenters.